The lowest BCUT2D eigenvalue weighted by atomic mass is 10.3. The lowest BCUT2D eigenvalue weighted by Crippen LogP contribution is -2.03. The first-order valence-corrected chi connectivity index (χ1v) is 6.38. The number of benzene rings is 1. The van der Waals surface area contributed by atoms with Crippen LogP contribution in [0.1, 0.15) is 6.92 Å². The number of hydrogen-bond acceptors (Lipinski definition) is 4. The van der Waals surface area contributed by atoms with Crippen LogP contribution in [0.2, 0.25) is 0 Å². The summed E-state index contributed by atoms with van der Waals surface area (Å²) in [5.41, 5.74) is 0.417. The summed E-state index contributed by atoms with van der Waals surface area (Å²) in [7, 11) is 0. The highest BCUT2D eigenvalue weighted by Gasteiger charge is 2.13. The minimum absolute atomic E-state index is 0.1000. The van der Waals surface area contributed by atoms with E-state index in [4.69, 9.17) is 4.74 Å². The summed E-state index contributed by atoms with van der Waals surface area (Å²) in [5.74, 6) is -0.843. The van der Waals surface area contributed by atoms with E-state index in [1.165, 1.54) is 0 Å². The van der Waals surface area contributed by atoms with Gasteiger partial charge in [-0.25, -0.2) is 13.8 Å². The lowest BCUT2D eigenvalue weighted by Gasteiger charge is -2.10. The standard InChI is InChI=1S/C14H12F2N4O/c1-2-17-12-8-20-6-5-18-13(20)14(19-12)21-11-7-9(15)3-4-10(11)16/h3-8,17H,2H2,1H3. The Labute approximate surface area is 119 Å². The largest absolute Gasteiger partial charge is 0.433 e. The molecular weight excluding hydrogens is 278 g/mol. The Morgan fingerprint density at radius 1 is 1.33 bits per heavy atom. The van der Waals surface area contributed by atoms with Crippen LogP contribution in [0.3, 0.4) is 0 Å². The Hall–Kier alpha value is -2.70. The van der Waals surface area contributed by atoms with Crippen LogP contribution in [-0.4, -0.2) is 20.9 Å². The molecule has 108 valence electrons. The Kier molecular flexibility index (Phi) is 3.39. The zero-order chi connectivity index (χ0) is 14.8. The quantitative estimate of drug-likeness (QED) is 0.801. The van der Waals surface area contributed by atoms with Crippen LogP contribution in [0, 0.1) is 11.6 Å². The molecule has 0 saturated carbocycles. The molecule has 0 aliphatic carbocycles. The van der Waals surface area contributed by atoms with Gasteiger partial charge in [0.1, 0.15) is 11.6 Å². The summed E-state index contributed by atoms with van der Waals surface area (Å²) in [4.78, 5) is 8.32. The van der Waals surface area contributed by atoms with Gasteiger partial charge >= 0.3 is 0 Å². The molecule has 0 unspecified atom stereocenters. The average molecular weight is 290 g/mol. The number of hydrogen-bond donors (Lipinski definition) is 1. The molecule has 0 amide bonds. The second-order valence-corrected chi connectivity index (χ2v) is 4.30. The highest BCUT2D eigenvalue weighted by atomic mass is 19.1. The number of imidazole rings is 1. The first kappa shape index (κ1) is 13.3. The minimum atomic E-state index is -0.670. The first-order valence-electron chi connectivity index (χ1n) is 6.38. The highest BCUT2D eigenvalue weighted by molar-refractivity contribution is 5.55. The molecule has 21 heavy (non-hydrogen) atoms. The fourth-order valence-corrected chi connectivity index (χ4v) is 1.90. The maximum atomic E-state index is 13.7. The van der Waals surface area contributed by atoms with Gasteiger partial charge in [-0.3, -0.25) is 4.40 Å². The van der Waals surface area contributed by atoms with E-state index in [1.807, 2.05) is 6.92 Å². The number of ether oxygens (including phenoxy) is 1. The van der Waals surface area contributed by atoms with Gasteiger partial charge in [-0.2, -0.15) is 4.98 Å². The fourth-order valence-electron chi connectivity index (χ4n) is 1.90. The van der Waals surface area contributed by atoms with Crippen molar-refractivity contribution in [2.24, 2.45) is 0 Å². The maximum absolute atomic E-state index is 13.7. The number of fused-ring (bicyclic) bond motifs is 1. The molecule has 2 aromatic heterocycles. The maximum Gasteiger partial charge on any atom is 0.265 e. The number of rotatable bonds is 4. The molecule has 1 N–H and O–H groups in total. The Morgan fingerprint density at radius 3 is 3.00 bits per heavy atom. The third kappa shape index (κ3) is 2.62. The van der Waals surface area contributed by atoms with Gasteiger partial charge in [-0.1, -0.05) is 0 Å². The predicted octanol–water partition coefficient (Wildman–Crippen LogP) is 3.23. The van der Waals surface area contributed by atoms with Crippen molar-refractivity contribution in [3.8, 4) is 11.6 Å². The van der Waals surface area contributed by atoms with Crippen LogP contribution >= 0.6 is 0 Å². The van der Waals surface area contributed by atoms with Crippen LogP contribution in [0.5, 0.6) is 11.6 Å². The summed E-state index contributed by atoms with van der Waals surface area (Å²) in [5, 5.41) is 3.03. The normalized spacial score (nSPS) is 10.8. The van der Waals surface area contributed by atoms with Gasteiger partial charge in [0.2, 0.25) is 5.65 Å². The Balaban J connectivity index is 2.06. The zero-order valence-corrected chi connectivity index (χ0v) is 11.2. The molecule has 0 fully saturated rings. The number of nitrogens with one attached hydrogen (secondary N) is 1. The van der Waals surface area contributed by atoms with Crippen molar-refractivity contribution < 1.29 is 13.5 Å². The summed E-state index contributed by atoms with van der Waals surface area (Å²) in [6, 6.07) is 2.99. The molecule has 1 aromatic carbocycles. The van der Waals surface area contributed by atoms with Crippen molar-refractivity contribution in [1.82, 2.24) is 14.4 Å². The molecule has 3 rings (SSSR count). The smallest absolute Gasteiger partial charge is 0.265 e. The van der Waals surface area contributed by atoms with Crippen molar-refractivity contribution in [3.05, 3.63) is 48.4 Å². The monoisotopic (exact) mass is 290 g/mol. The van der Waals surface area contributed by atoms with Crippen molar-refractivity contribution in [1.29, 1.82) is 0 Å². The SMILES string of the molecule is CCNc1cn2ccnc2c(Oc2cc(F)ccc2F)n1. The van der Waals surface area contributed by atoms with Crippen molar-refractivity contribution in [2.75, 3.05) is 11.9 Å². The molecule has 0 bridgehead atoms. The van der Waals surface area contributed by atoms with Gasteiger partial charge < -0.3 is 10.1 Å². The molecule has 0 aliphatic rings. The summed E-state index contributed by atoms with van der Waals surface area (Å²) < 4.78 is 34.0. The van der Waals surface area contributed by atoms with Crippen molar-refractivity contribution >= 4 is 11.5 Å². The van der Waals surface area contributed by atoms with E-state index in [0.29, 0.717) is 18.0 Å². The van der Waals surface area contributed by atoms with Crippen LogP contribution in [0.25, 0.3) is 5.65 Å². The molecular formula is C14H12F2N4O. The number of anilines is 1. The third-order valence-electron chi connectivity index (χ3n) is 2.80. The fraction of sp³-hybridized carbons (Fsp3) is 0.143. The van der Waals surface area contributed by atoms with E-state index in [0.717, 1.165) is 18.2 Å². The Bertz CT molecular complexity index is 788. The second-order valence-electron chi connectivity index (χ2n) is 4.30. The molecule has 0 spiro atoms. The van der Waals surface area contributed by atoms with Gasteiger partial charge in [0.05, 0.1) is 6.20 Å². The molecule has 7 heteroatoms. The molecule has 5 nitrogen and oxygen atoms in total. The predicted molar refractivity (Wildman–Crippen MR) is 73.6 cm³/mol. The third-order valence-corrected chi connectivity index (χ3v) is 2.80. The van der Waals surface area contributed by atoms with E-state index in [2.05, 4.69) is 15.3 Å². The van der Waals surface area contributed by atoms with Crippen LogP contribution in [0.4, 0.5) is 14.6 Å². The van der Waals surface area contributed by atoms with Crippen molar-refractivity contribution in [2.45, 2.75) is 6.92 Å². The summed E-state index contributed by atoms with van der Waals surface area (Å²) in [6.07, 6.45) is 5.02. The molecule has 0 atom stereocenters. The zero-order valence-electron chi connectivity index (χ0n) is 11.2. The summed E-state index contributed by atoms with van der Waals surface area (Å²) in [6.45, 7) is 2.59. The summed E-state index contributed by atoms with van der Waals surface area (Å²) >= 11 is 0. The van der Waals surface area contributed by atoms with Crippen LogP contribution < -0.4 is 10.1 Å². The lowest BCUT2D eigenvalue weighted by molar-refractivity contribution is 0.425. The number of aromatic nitrogens is 3. The molecule has 3 aromatic rings. The van der Waals surface area contributed by atoms with Gasteiger partial charge in [0, 0.05) is 25.0 Å². The molecule has 0 saturated heterocycles. The average Bonchev–Trinajstić information content (AvgIpc) is 2.92. The Morgan fingerprint density at radius 2 is 2.19 bits per heavy atom. The van der Waals surface area contributed by atoms with E-state index in [9.17, 15) is 8.78 Å². The number of halogens is 2. The first-order chi connectivity index (χ1) is 10.2. The van der Waals surface area contributed by atoms with Crippen molar-refractivity contribution in [3.63, 3.8) is 0 Å². The molecule has 0 aliphatic heterocycles. The molecule has 0 radical (unpaired) electrons. The van der Waals surface area contributed by atoms with Crippen LogP contribution in [0.15, 0.2) is 36.8 Å². The van der Waals surface area contributed by atoms with E-state index in [1.54, 1.807) is 23.0 Å². The van der Waals surface area contributed by atoms with Gasteiger partial charge in [-0.05, 0) is 19.1 Å². The van der Waals surface area contributed by atoms with Gasteiger partial charge in [0.15, 0.2) is 11.6 Å². The van der Waals surface area contributed by atoms with E-state index < -0.39 is 11.6 Å². The molecule has 2 heterocycles. The van der Waals surface area contributed by atoms with E-state index in [-0.39, 0.29) is 11.6 Å². The van der Waals surface area contributed by atoms with Crippen LogP contribution in [-0.2, 0) is 0 Å². The highest BCUT2D eigenvalue weighted by Crippen LogP contribution is 2.27. The van der Waals surface area contributed by atoms with E-state index >= 15 is 0 Å². The second kappa shape index (κ2) is 5.35. The number of nitrogens with zero attached hydrogens (tertiary/aromatic N) is 3. The van der Waals surface area contributed by atoms with Gasteiger partial charge in [0.25, 0.3) is 5.88 Å². The minimum Gasteiger partial charge on any atom is -0.433 e. The van der Waals surface area contributed by atoms with Gasteiger partial charge in [-0.15, -0.1) is 0 Å². The topological polar surface area (TPSA) is 51.5 Å².